The molecule has 0 radical (unpaired) electrons. The first kappa shape index (κ1) is 13.4. The molecule has 0 spiro atoms. The summed E-state index contributed by atoms with van der Waals surface area (Å²) in [7, 11) is 0. The van der Waals surface area contributed by atoms with Crippen molar-refractivity contribution < 1.29 is 0 Å². The molecule has 1 aromatic rings. The Morgan fingerprint density at radius 2 is 1.88 bits per heavy atom. The Morgan fingerprint density at radius 1 is 1.12 bits per heavy atom. The summed E-state index contributed by atoms with van der Waals surface area (Å²) in [5.41, 5.74) is 8.13. The van der Waals surface area contributed by atoms with Crippen molar-refractivity contribution in [2.75, 3.05) is 11.5 Å². The molecule has 0 aliphatic heterocycles. The molecule has 0 unspecified atom stereocenters. The quantitative estimate of drug-likeness (QED) is 0.425. The van der Waals surface area contributed by atoms with Crippen LogP contribution in [-0.2, 0) is 0 Å². The molecule has 0 saturated heterocycles. The molecule has 0 aromatic heterocycles. The van der Waals surface area contributed by atoms with Gasteiger partial charge < -0.3 is 5.73 Å². The van der Waals surface area contributed by atoms with Gasteiger partial charge in [0.05, 0.1) is 0 Å². The zero-order valence-electron chi connectivity index (χ0n) is 10.5. The largest absolute Gasteiger partial charge is 0.398 e. The van der Waals surface area contributed by atoms with Crippen LogP contribution in [0.5, 0.6) is 0 Å². The van der Waals surface area contributed by atoms with Gasteiger partial charge in [-0.25, -0.2) is 0 Å². The normalized spacial score (nSPS) is 10.6. The van der Waals surface area contributed by atoms with Crippen molar-refractivity contribution in [3.63, 3.8) is 0 Å². The molecule has 90 valence electrons. The molecule has 2 heteroatoms. The second kappa shape index (κ2) is 7.61. The zero-order valence-corrected chi connectivity index (χ0v) is 11.3. The van der Waals surface area contributed by atoms with Gasteiger partial charge in [-0.05, 0) is 36.8 Å². The van der Waals surface area contributed by atoms with Crippen molar-refractivity contribution in [2.45, 2.75) is 50.8 Å². The number of nitrogen functional groups attached to an aromatic ring is 1. The number of rotatable bonds is 7. The van der Waals surface area contributed by atoms with Crippen molar-refractivity contribution in [1.82, 2.24) is 0 Å². The van der Waals surface area contributed by atoms with Crippen molar-refractivity contribution in [3.8, 4) is 0 Å². The van der Waals surface area contributed by atoms with Crippen molar-refractivity contribution in [1.29, 1.82) is 0 Å². The average molecular weight is 237 g/mol. The summed E-state index contributed by atoms with van der Waals surface area (Å²) >= 11 is 1.89. The highest BCUT2D eigenvalue weighted by molar-refractivity contribution is 7.99. The molecule has 0 fully saturated rings. The number of thioether (sulfide) groups is 1. The predicted octanol–water partition coefficient (Wildman–Crippen LogP) is 4.64. The molecular weight excluding hydrogens is 214 g/mol. The molecule has 0 aliphatic rings. The van der Waals surface area contributed by atoms with Gasteiger partial charge in [0.25, 0.3) is 0 Å². The Balaban J connectivity index is 2.21. The molecule has 1 rings (SSSR count). The minimum Gasteiger partial charge on any atom is -0.398 e. The van der Waals surface area contributed by atoms with Crippen LogP contribution in [-0.4, -0.2) is 5.75 Å². The van der Waals surface area contributed by atoms with E-state index >= 15 is 0 Å². The molecule has 16 heavy (non-hydrogen) atoms. The monoisotopic (exact) mass is 237 g/mol. The van der Waals surface area contributed by atoms with Crippen molar-refractivity contribution >= 4 is 17.4 Å². The predicted molar refractivity (Wildman–Crippen MR) is 75.1 cm³/mol. The van der Waals surface area contributed by atoms with Crippen LogP contribution in [0.1, 0.15) is 44.6 Å². The molecule has 0 bridgehead atoms. The van der Waals surface area contributed by atoms with Crippen LogP contribution in [0, 0.1) is 6.92 Å². The first-order valence-corrected chi connectivity index (χ1v) is 7.21. The maximum atomic E-state index is 5.96. The minimum atomic E-state index is 0.929. The van der Waals surface area contributed by atoms with Crippen LogP contribution < -0.4 is 5.73 Å². The van der Waals surface area contributed by atoms with Gasteiger partial charge in [0.1, 0.15) is 0 Å². The van der Waals surface area contributed by atoms with Crippen LogP contribution >= 0.6 is 11.8 Å². The third-order valence-electron chi connectivity index (χ3n) is 2.67. The Labute approximate surface area is 104 Å². The highest BCUT2D eigenvalue weighted by atomic mass is 32.2. The Bertz CT molecular complexity index is 310. The number of anilines is 1. The van der Waals surface area contributed by atoms with E-state index in [1.165, 1.54) is 48.3 Å². The van der Waals surface area contributed by atoms with Crippen LogP contribution in [0.4, 0.5) is 5.69 Å². The van der Waals surface area contributed by atoms with Crippen LogP contribution in [0.15, 0.2) is 23.1 Å². The molecule has 0 saturated carbocycles. The highest BCUT2D eigenvalue weighted by Gasteiger charge is 1.99. The zero-order chi connectivity index (χ0) is 11.8. The van der Waals surface area contributed by atoms with Gasteiger partial charge in [0, 0.05) is 10.6 Å². The van der Waals surface area contributed by atoms with Gasteiger partial charge in [0.2, 0.25) is 0 Å². The summed E-state index contributed by atoms with van der Waals surface area (Å²) < 4.78 is 0. The summed E-state index contributed by atoms with van der Waals surface area (Å²) in [5, 5.41) is 0. The topological polar surface area (TPSA) is 26.0 Å². The lowest BCUT2D eigenvalue weighted by atomic mass is 10.2. The van der Waals surface area contributed by atoms with Crippen LogP contribution in [0.2, 0.25) is 0 Å². The maximum Gasteiger partial charge on any atom is 0.0454 e. The average Bonchev–Trinajstić information content (AvgIpc) is 2.26. The Morgan fingerprint density at radius 3 is 2.56 bits per heavy atom. The third kappa shape index (κ3) is 4.93. The molecule has 2 N–H and O–H groups in total. The SMILES string of the molecule is CCCCCCCSc1ccc(C)cc1N. The Kier molecular flexibility index (Phi) is 6.39. The van der Waals surface area contributed by atoms with Crippen molar-refractivity contribution in [3.05, 3.63) is 23.8 Å². The molecule has 0 amide bonds. The number of benzene rings is 1. The van der Waals surface area contributed by atoms with Gasteiger partial charge in [-0.2, -0.15) is 0 Å². The molecule has 1 aromatic carbocycles. The molecule has 1 nitrogen and oxygen atoms in total. The fourth-order valence-electron chi connectivity index (χ4n) is 1.69. The van der Waals surface area contributed by atoms with E-state index in [1.807, 2.05) is 11.8 Å². The van der Waals surface area contributed by atoms with Gasteiger partial charge in [-0.1, -0.05) is 38.7 Å². The molecular formula is C14H23NS. The summed E-state index contributed by atoms with van der Waals surface area (Å²) in [5.74, 6) is 1.19. The smallest absolute Gasteiger partial charge is 0.0454 e. The summed E-state index contributed by atoms with van der Waals surface area (Å²) in [4.78, 5) is 1.24. The van der Waals surface area contributed by atoms with E-state index in [0.717, 1.165) is 5.69 Å². The summed E-state index contributed by atoms with van der Waals surface area (Å²) in [6, 6.07) is 6.33. The van der Waals surface area contributed by atoms with E-state index < -0.39 is 0 Å². The standard InChI is InChI=1S/C14H23NS/c1-3-4-5-6-7-10-16-14-9-8-12(2)11-13(14)15/h8-9,11H,3-7,10,15H2,1-2H3. The first-order chi connectivity index (χ1) is 7.74. The van der Waals surface area contributed by atoms with E-state index in [0.29, 0.717) is 0 Å². The fraction of sp³-hybridized carbons (Fsp3) is 0.571. The molecule has 0 aliphatic carbocycles. The van der Waals surface area contributed by atoms with Crippen molar-refractivity contribution in [2.24, 2.45) is 0 Å². The molecule has 0 heterocycles. The van der Waals surface area contributed by atoms with E-state index in [9.17, 15) is 0 Å². The lowest BCUT2D eigenvalue weighted by Gasteiger charge is -2.06. The number of hydrogen-bond donors (Lipinski definition) is 1. The van der Waals surface area contributed by atoms with Gasteiger partial charge in [0.15, 0.2) is 0 Å². The maximum absolute atomic E-state index is 5.96. The van der Waals surface area contributed by atoms with Gasteiger partial charge in [-0.3, -0.25) is 0 Å². The second-order valence-corrected chi connectivity index (χ2v) is 5.44. The lowest BCUT2D eigenvalue weighted by molar-refractivity contribution is 0.659. The Hall–Kier alpha value is -0.630. The van der Waals surface area contributed by atoms with E-state index in [4.69, 9.17) is 5.73 Å². The van der Waals surface area contributed by atoms with E-state index in [-0.39, 0.29) is 0 Å². The van der Waals surface area contributed by atoms with Crippen LogP contribution in [0.25, 0.3) is 0 Å². The van der Waals surface area contributed by atoms with E-state index in [2.05, 4.69) is 32.0 Å². The third-order valence-corrected chi connectivity index (χ3v) is 3.85. The first-order valence-electron chi connectivity index (χ1n) is 6.23. The summed E-state index contributed by atoms with van der Waals surface area (Å²) in [6.07, 6.45) is 6.72. The minimum absolute atomic E-state index is 0.929. The number of aryl methyl sites for hydroxylation is 1. The summed E-state index contributed by atoms with van der Waals surface area (Å²) in [6.45, 7) is 4.33. The fourth-order valence-corrected chi connectivity index (χ4v) is 2.65. The lowest BCUT2D eigenvalue weighted by Crippen LogP contribution is -1.90. The van der Waals surface area contributed by atoms with Crippen LogP contribution in [0.3, 0.4) is 0 Å². The number of nitrogens with two attached hydrogens (primary N) is 1. The second-order valence-electron chi connectivity index (χ2n) is 4.30. The van der Waals surface area contributed by atoms with E-state index in [1.54, 1.807) is 0 Å². The highest BCUT2D eigenvalue weighted by Crippen LogP contribution is 2.26. The number of unbranched alkanes of at least 4 members (excludes halogenated alkanes) is 4. The number of hydrogen-bond acceptors (Lipinski definition) is 2. The molecule has 0 atom stereocenters. The van der Waals surface area contributed by atoms with Gasteiger partial charge >= 0.3 is 0 Å². The van der Waals surface area contributed by atoms with Gasteiger partial charge in [-0.15, -0.1) is 11.8 Å².